The van der Waals surface area contributed by atoms with Crippen molar-refractivity contribution in [1.82, 2.24) is 9.78 Å². The fourth-order valence-electron chi connectivity index (χ4n) is 3.13. The van der Waals surface area contributed by atoms with Crippen LogP contribution < -0.4 is 5.32 Å². The van der Waals surface area contributed by atoms with Gasteiger partial charge in [-0.05, 0) is 38.5 Å². The van der Waals surface area contributed by atoms with Gasteiger partial charge in [0.15, 0.2) is 0 Å². The van der Waals surface area contributed by atoms with Crippen LogP contribution in [0, 0.1) is 0 Å². The van der Waals surface area contributed by atoms with Crippen LogP contribution in [-0.4, -0.2) is 39.4 Å². The number of amides is 1. The molecule has 1 aromatic heterocycles. The zero-order chi connectivity index (χ0) is 16.6. The average Bonchev–Trinajstić information content (AvgIpc) is 3.25. The van der Waals surface area contributed by atoms with Gasteiger partial charge in [-0.3, -0.25) is 9.48 Å². The number of nitrogens with zero attached hydrogens (tertiary/aromatic N) is 2. The molecule has 2 fully saturated rings. The topological polar surface area (TPSA) is 56.2 Å². The van der Waals surface area contributed by atoms with Gasteiger partial charge >= 0.3 is 0 Å². The lowest BCUT2D eigenvalue weighted by Crippen LogP contribution is -2.24. The molecule has 0 unspecified atom stereocenters. The van der Waals surface area contributed by atoms with Crippen LogP contribution in [0.4, 0.5) is 5.69 Å². The van der Waals surface area contributed by atoms with Crippen molar-refractivity contribution in [2.24, 2.45) is 0 Å². The molecule has 0 saturated carbocycles. The van der Waals surface area contributed by atoms with Crippen LogP contribution in [0.25, 0.3) is 0 Å². The second kappa shape index (κ2) is 9.73. The highest BCUT2D eigenvalue weighted by atomic mass is 33.1. The maximum atomic E-state index is 12.0. The van der Waals surface area contributed by atoms with E-state index in [0.29, 0.717) is 6.42 Å². The maximum Gasteiger partial charge on any atom is 0.224 e. The molecule has 0 aromatic carbocycles. The lowest BCUT2D eigenvalue weighted by molar-refractivity contribution is -0.116. The maximum absolute atomic E-state index is 12.0. The van der Waals surface area contributed by atoms with Crippen molar-refractivity contribution in [2.45, 2.75) is 69.3 Å². The van der Waals surface area contributed by atoms with Crippen LogP contribution in [0.1, 0.15) is 51.4 Å². The molecule has 2 saturated heterocycles. The molecule has 0 aliphatic carbocycles. The highest BCUT2D eigenvalue weighted by Gasteiger charge is 2.16. The van der Waals surface area contributed by atoms with Crippen LogP contribution >= 0.6 is 21.6 Å². The summed E-state index contributed by atoms with van der Waals surface area (Å²) in [5, 5.41) is 8.09. The second-order valence-corrected chi connectivity index (χ2v) is 9.35. The lowest BCUT2D eigenvalue weighted by atomic mass is 10.1. The van der Waals surface area contributed by atoms with Crippen molar-refractivity contribution in [3.05, 3.63) is 12.4 Å². The molecule has 2 aliphatic heterocycles. The van der Waals surface area contributed by atoms with Gasteiger partial charge in [-0.15, -0.1) is 0 Å². The molecular weight excluding hydrogens is 342 g/mol. The van der Waals surface area contributed by atoms with E-state index in [2.05, 4.69) is 10.4 Å². The van der Waals surface area contributed by atoms with E-state index in [4.69, 9.17) is 4.74 Å². The molecule has 0 spiro atoms. The summed E-state index contributed by atoms with van der Waals surface area (Å²) in [6, 6.07) is 0. The molecule has 1 aromatic rings. The number of nitrogens with one attached hydrogen (secondary N) is 1. The van der Waals surface area contributed by atoms with Gasteiger partial charge in [0.05, 0.1) is 24.5 Å². The van der Waals surface area contributed by atoms with Crippen molar-refractivity contribution in [1.29, 1.82) is 0 Å². The van der Waals surface area contributed by atoms with Gasteiger partial charge in [-0.25, -0.2) is 0 Å². The zero-order valence-electron chi connectivity index (χ0n) is 14.1. The number of hydrogen-bond donors (Lipinski definition) is 1. The van der Waals surface area contributed by atoms with E-state index >= 15 is 0 Å². The molecule has 2 aliphatic rings. The van der Waals surface area contributed by atoms with Gasteiger partial charge in [0.2, 0.25) is 5.91 Å². The van der Waals surface area contributed by atoms with Gasteiger partial charge in [-0.1, -0.05) is 28.0 Å². The van der Waals surface area contributed by atoms with E-state index in [0.717, 1.165) is 49.8 Å². The van der Waals surface area contributed by atoms with Crippen LogP contribution in [0.5, 0.6) is 0 Å². The highest BCUT2D eigenvalue weighted by Crippen LogP contribution is 2.39. The number of rotatable bonds is 8. The summed E-state index contributed by atoms with van der Waals surface area (Å²) in [4.78, 5) is 12.0. The lowest BCUT2D eigenvalue weighted by Gasteiger charge is -2.22. The monoisotopic (exact) mass is 369 g/mol. The minimum Gasteiger partial charge on any atom is -0.376 e. The predicted octanol–water partition coefficient (Wildman–Crippen LogP) is 4.10. The predicted molar refractivity (Wildman–Crippen MR) is 101 cm³/mol. The standard InChI is InChI=1S/C17H27N3O2S2/c21-17(7-2-1-6-16-8-10-23-24-16)19-14-11-18-20(12-14)13-15-5-3-4-9-22-15/h11-12,15-16H,1-10,13H2,(H,19,21)/t15-,16-/m1/s1. The van der Waals surface area contributed by atoms with Crippen LogP contribution in [0.2, 0.25) is 0 Å². The van der Waals surface area contributed by atoms with Crippen molar-refractivity contribution < 1.29 is 9.53 Å². The molecule has 0 bridgehead atoms. The number of carbonyl (C=O) groups is 1. The van der Waals surface area contributed by atoms with E-state index in [-0.39, 0.29) is 12.0 Å². The van der Waals surface area contributed by atoms with Gasteiger partial charge in [0.1, 0.15) is 0 Å². The summed E-state index contributed by atoms with van der Waals surface area (Å²) in [6.07, 6.45) is 12.7. The molecule has 7 heteroatoms. The second-order valence-electron chi connectivity index (χ2n) is 6.56. The number of unbranched alkanes of at least 4 members (excludes halogenated alkanes) is 1. The van der Waals surface area contributed by atoms with E-state index < -0.39 is 0 Å². The molecule has 2 atom stereocenters. The summed E-state index contributed by atoms with van der Waals surface area (Å²) in [5.41, 5.74) is 0.790. The minimum absolute atomic E-state index is 0.0944. The molecule has 0 radical (unpaired) electrons. The average molecular weight is 370 g/mol. The number of carbonyl (C=O) groups excluding carboxylic acids is 1. The fraction of sp³-hybridized carbons (Fsp3) is 0.765. The minimum atomic E-state index is 0.0944. The third kappa shape index (κ3) is 6.01. The molecular formula is C17H27N3O2S2. The number of hydrogen-bond acceptors (Lipinski definition) is 5. The zero-order valence-corrected chi connectivity index (χ0v) is 15.7. The molecule has 24 heavy (non-hydrogen) atoms. The molecule has 134 valence electrons. The molecule has 3 rings (SSSR count). The van der Waals surface area contributed by atoms with Crippen LogP contribution in [-0.2, 0) is 16.1 Å². The number of ether oxygens (including phenoxy) is 1. The Morgan fingerprint density at radius 3 is 3.12 bits per heavy atom. The third-order valence-electron chi connectivity index (χ3n) is 4.49. The van der Waals surface area contributed by atoms with Crippen molar-refractivity contribution >= 4 is 33.2 Å². The summed E-state index contributed by atoms with van der Waals surface area (Å²) in [6.45, 7) is 1.63. The SMILES string of the molecule is O=C(CCCC[C@@H]1CCSS1)Nc1cnn(C[C@H]2CCCCO2)c1. The van der Waals surface area contributed by atoms with Crippen molar-refractivity contribution in [2.75, 3.05) is 17.7 Å². The Hall–Kier alpha value is -0.660. The van der Waals surface area contributed by atoms with Crippen LogP contribution in [0.15, 0.2) is 12.4 Å². The molecule has 3 heterocycles. The highest BCUT2D eigenvalue weighted by molar-refractivity contribution is 8.77. The number of aromatic nitrogens is 2. The number of anilines is 1. The molecule has 5 nitrogen and oxygen atoms in total. The largest absolute Gasteiger partial charge is 0.376 e. The summed E-state index contributed by atoms with van der Waals surface area (Å²) in [7, 11) is 4.00. The Morgan fingerprint density at radius 1 is 1.38 bits per heavy atom. The first kappa shape index (κ1) is 18.1. The Labute approximate surface area is 152 Å². The molecule has 1 N–H and O–H groups in total. The quantitative estimate of drug-likeness (QED) is 0.552. The Bertz CT molecular complexity index is 512. The normalized spacial score (nSPS) is 24.2. The Morgan fingerprint density at radius 2 is 2.33 bits per heavy atom. The first-order valence-electron chi connectivity index (χ1n) is 9.02. The van der Waals surface area contributed by atoms with E-state index in [9.17, 15) is 4.79 Å². The first-order chi connectivity index (χ1) is 11.8. The van der Waals surface area contributed by atoms with E-state index in [1.807, 2.05) is 32.5 Å². The fourth-order valence-corrected chi connectivity index (χ4v) is 6.16. The molecule has 1 amide bonds. The van der Waals surface area contributed by atoms with E-state index in [1.54, 1.807) is 6.20 Å². The third-order valence-corrected chi connectivity index (χ3v) is 7.50. The summed E-state index contributed by atoms with van der Waals surface area (Å²) in [5.74, 6) is 1.38. The van der Waals surface area contributed by atoms with Gasteiger partial charge < -0.3 is 10.1 Å². The first-order valence-corrected chi connectivity index (χ1v) is 11.4. The van der Waals surface area contributed by atoms with Gasteiger partial charge in [-0.2, -0.15) is 5.10 Å². The van der Waals surface area contributed by atoms with Gasteiger partial charge in [0.25, 0.3) is 0 Å². The Balaban J connectivity index is 1.32. The Kier molecular flexibility index (Phi) is 7.35. The van der Waals surface area contributed by atoms with Crippen molar-refractivity contribution in [3.63, 3.8) is 0 Å². The smallest absolute Gasteiger partial charge is 0.224 e. The summed E-state index contributed by atoms with van der Waals surface area (Å²) < 4.78 is 7.60. The van der Waals surface area contributed by atoms with E-state index in [1.165, 1.54) is 25.0 Å². The summed E-state index contributed by atoms with van der Waals surface area (Å²) >= 11 is 0. The van der Waals surface area contributed by atoms with Crippen molar-refractivity contribution in [3.8, 4) is 0 Å². The van der Waals surface area contributed by atoms with Gasteiger partial charge in [0, 0.05) is 30.2 Å². The van der Waals surface area contributed by atoms with Crippen LogP contribution in [0.3, 0.4) is 0 Å².